The van der Waals surface area contributed by atoms with Gasteiger partial charge in [-0.15, -0.1) is 0 Å². The van der Waals surface area contributed by atoms with Gasteiger partial charge in [0.25, 0.3) is 0 Å². The van der Waals surface area contributed by atoms with Gasteiger partial charge in [0.05, 0.1) is 16.8 Å². The predicted octanol–water partition coefficient (Wildman–Crippen LogP) is 5.39. The normalized spacial score (nSPS) is 10.6. The number of unbranched alkanes of at least 4 members (excludes halogenated alkanes) is 1. The molecule has 1 heterocycles. The second-order valence-electron chi connectivity index (χ2n) is 6.11. The van der Waals surface area contributed by atoms with Crippen molar-refractivity contribution in [3.63, 3.8) is 0 Å². The summed E-state index contributed by atoms with van der Waals surface area (Å²) in [6.07, 6.45) is 3.93. The van der Waals surface area contributed by atoms with Crippen LogP contribution >= 0.6 is 0 Å². The van der Waals surface area contributed by atoms with Crippen molar-refractivity contribution in [2.45, 2.75) is 26.7 Å². The van der Waals surface area contributed by atoms with E-state index in [-0.39, 0.29) is 5.78 Å². The lowest BCUT2D eigenvalue weighted by molar-refractivity contribution is 0.101. The van der Waals surface area contributed by atoms with Crippen LogP contribution in [0.25, 0.3) is 10.9 Å². The molecule has 2 N–H and O–H groups in total. The van der Waals surface area contributed by atoms with Crippen LogP contribution in [0.2, 0.25) is 0 Å². The summed E-state index contributed by atoms with van der Waals surface area (Å²) < 4.78 is 0. The van der Waals surface area contributed by atoms with Crippen LogP contribution in [0.4, 0.5) is 17.1 Å². The lowest BCUT2D eigenvalue weighted by Crippen LogP contribution is -2.04. The van der Waals surface area contributed by atoms with Crippen molar-refractivity contribution in [2.75, 3.05) is 17.2 Å². The van der Waals surface area contributed by atoms with E-state index in [4.69, 9.17) is 0 Å². The summed E-state index contributed by atoms with van der Waals surface area (Å²) in [7, 11) is 0. The Balaban J connectivity index is 2.06. The van der Waals surface area contributed by atoms with Gasteiger partial charge in [-0.2, -0.15) is 0 Å². The molecule has 128 valence electrons. The number of nitrogens with one attached hydrogen (secondary N) is 2. The highest BCUT2D eigenvalue weighted by atomic mass is 16.1. The van der Waals surface area contributed by atoms with E-state index in [1.54, 1.807) is 13.1 Å². The van der Waals surface area contributed by atoms with Crippen molar-refractivity contribution in [1.29, 1.82) is 0 Å². The third kappa shape index (κ3) is 3.97. The molecular weight excluding hydrogens is 310 g/mol. The first kappa shape index (κ1) is 17.0. The Morgan fingerprint density at radius 2 is 1.88 bits per heavy atom. The minimum Gasteiger partial charge on any atom is -0.385 e. The second kappa shape index (κ2) is 7.79. The largest absolute Gasteiger partial charge is 0.385 e. The van der Waals surface area contributed by atoms with Gasteiger partial charge in [-0.25, -0.2) is 0 Å². The van der Waals surface area contributed by atoms with Crippen LogP contribution in [0, 0.1) is 0 Å². The van der Waals surface area contributed by atoms with Crippen molar-refractivity contribution in [2.24, 2.45) is 0 Å². The van der Waals surface area contributed by atoms with E-state index < -0.39 is 0 Å². The van der Waals surface area contributed by atoms with Crippen LogP contribution in [-0.4, -0.2) is 17.3 Å². The smallest absolute Gasteiger partial charge is 0.163 e. The maximum absolute atomic E-state index is 12.1. The average molecular weight is 333 g/mol. The van der Waals surface area contributed by atoms with Crippen LogP contribution in [0.1, 0.15) is 37.0 Å². The van der Waals surface area contributed by atoms with E-state index in [0.717, 1.165) is 47.4 Å². The highest BCUT2D eigenvalue weighted by Crippen LogP contribution is 2.31. The van der Waals surface area contributed by atoms with Gasteiger partial charge < -0.3 is 10.6 Å². The Hall–Kier alpha value is -2.88. The first-order valence-electron chi connectivity index (χ1n) is 8.68. The van der Waals surface area contributed by atoms with Crippen molar-refractivity contribution < 1.29 is 4.79 Å². The molecule has 0 saturated carbocycles. The Bertz CT molecular complexity index is 875. The number of hydrogen-bond acceptors (Lipinski definition) is 4. The summed E-state index contributed by atoms with van der Waals surface area (Å²) in [5.41, 5.74) is 4.26. The maximum Gasteiger partial charge on any atom is 0.163 e. The number of benzene rings is 2. The Kier molecular flexibility index (Phi) is 5.29. The number of rotatable bonds is 7. The molecule has 0 bridgehead atoms. The quantitative estimate of drug-likeness (QED) is 0.449. The number of para-hydroxylation sites is 1. The lowest BCUT2D eigenvalue weighted by Gasteiger charge is -2.15. The number of ketones is 1. The fourth-order valence-corrected chi connectivity index (χ4v) is 2.78. The first-order chi connectivity index (χ1) is 12.2. The zero-order valence-corrected chi connectivity index (χ0v) is 14.7. The van der Waals surface area contributed by atoms with E-state index in [1.165, 1.54) is 0 Å². The zero-order valence-electron chi connectivity index (χ0n) is 14.7. The van der Waals surface area contributed by atoms with Crippen LogP contribution in [-0.2, 0) is 0 Å². The summed E-state index contributed by atoms with van der Waals surface area (Å²) >= 11 is 0. The van der Waals surface area contributed by atoms with Crippen LogP contribution in [0.15, 0.2) is 54.7 Å². The summed E-state index contributed by atoms with van der Waals surface area (Å²) in [5.74, 6) is -0.00261. The highest BCUT2D eigenvalue weighted by Gasteiger charge is 2.13. The molecule has 0 fully saturated rings. The van der Waals surface area contributed by atoms with E-state index in [0.29, 0.717) is 5.56 Å². The topological polar surface area (TPSA) is 54.0 Å². The number of carbonyl (C=O) groups excluding carboxylic acids is 1. The van der Waals surface area contributed by atoms with Gasteiger partial charge in [0, 0.05) is 29.5 Å². The number of carbonyl (C=O) groups is 1. The van der Waals surface area contributed by atoms with Crippen molar-refractivity contribution in [3.8, 4) is 0 Å². The summed E-state index contributed by atoms with van der Waals surface area (Å²) in [4.78, 5) is 16.6. The number of aromatic nitrogens is 1. The first-order valence-corrected chi connectivity index (χ1v) is 8.68. The molecule has 0 unspecified atom stereocenters. The molecule has 0 amide bonds. The summed E-state index contributed by atoms with van der Waals surface area (Å²) in [6.45, 7) is 4.68. The molecule has 25 heavy (non-hydrogen) atoms. The third-order valence-corrected chi connectivity index (χ3v) is 4.15. The number of Topliss-reactive ketones (excluding diaryl/α,β-unsaturated/α-hetero) is 1. The number of anilines is 3. The van der Waals surface area contributed by atoms with Crippen molar-refractivity contribution >= 4 is 33.7 Å². The molecular formula is C21H23N3O. The molecule has 0 saturated heterocycles. The van der Waals surface area contributed by atoms with Gasteiger partial charge in [-0.1, -0.05) is 31.5 Å². The number of pyridine rings is 1. The Morgan fingerprint density at radius 1 is 1.08 bits per heavy atom. The molecule has 0 atom stereocenters. The molecule has 0 aliphatic heterocycles. The minimum absolute atomic E-state index is 0.00261. The monoisotopic (exact) mass is 333 g/mol. The third-order valence-electron chi connectivity index (χ3n) is 4.15. The SMILES string of the molecule is CCCCNc1ccc2ncc(C(C)=O)c(Nc3ccccc3)c2c1. The molecule has 0 spiro atoms. The predicted molar refractivity (Wildman–Crippen MR) is 105 cm³/mol. The second-order valence-corrected chi connectivity index (χ2v) is 6.11. The molecule has 0 aliphatic carbocycles. The summed E-state index contributed by atoms with van der Waals surface area (Å²) in [6, 6.07) is 16.0. The van der Waals surface area contributed by atoms with Gasteiger partial charge in [-0.05, 0) is 43.7 Å². The Labute approximate surface area is 148 Å². The van der Waals surface area contributed by atoms with Gasteiger partial charge in [0.1, 0.15) is 0 Å². The van der Waals surface area contributed by atoms with E-state index in [1.807, 2.05) is 42.5 Å². The number of nitrogens with zero attached hydrogens (tertiary/aromatic N) is 1. The standard InChI is InChI=1S/C21H23N3O/c1-3-4-12-22-17-10-11-20-18(13-17)21(19(14-23-20)15(2)25)24-16-8-6-5-7-9-16/h5-11,13-14,22H,3-4,12H2,1-2H3,(H,23,24). The van der Waals surface area contributed by atoms with Gasteiger partial charge in [-0.3, -0.25) is 9.78 Å². The molecule has 1 aromatic heterocycles. The van der Waals surface area contributed by atoms with Crippen LogP contribution < -0.4 is 10.6 Å². The Morgan fingerprint density at radius 3 is 2.60 bits per heavy atom. The van der Waals surface area contributed by atoms with Gasteiger partial charge >= 0.3 is 0 Å². The average Bonchev–Trinajstić information content (AvgIpc) is 2.63. The van der Waals surface area contributed by atoms with Gasteiger partial charge in [0.2, 0.25) is 0 Å². The molecule has 4 heteroatoms. The van der Waals surface area contributed by atoms with Crippen LogP contribution in [0.3, 0.4) is 0 Å². The fraction of sp³-hybridized carbons (Fsp3) is 0.238. The van der Waals surface area contributed by atoms with Crippen molar-refractivity contribution in [1.82, 2.24) is 4.98 Å². The number of fused-ring (bicyclic) bond motifs is 1. The molecule has 2 aromatic carbocycles. The summed E-state index contributed by atoms with van der Waals surface area (Å²) in [5, 5.41) is 7.78. The van der Waals surface area contributed by atoms with E-state index in [2.05, 4.69) is 28.6 Å². The molecule has 4 nitrogen and oxygen atoms in total. The van der Waals surface area contributed by atoms with Crippen LogP contribution in [0.5, 0.6) is 0 Å². The molecule has 0 aliphatic rings. The van der Waals surface area contributed by atoms with E-state index in [9.17, 15) is 4.79 Å². The highest BCUT2D eigenvalue weighted by molar-refractivity contribution is 6.08. The zero-order chi connectivity index (χ0) is 17.6. The van der Waals surface area contributed by atoms with E-state index >= 15 is 0 Å². The molecule has 0 radical (unpaired) electrons. The molecule has 3 rings (SSSR count). The number of hydrogen-bond donors (Lipinski definition) is 2. The fourth-order valence-electron chi connectivity index (χ4n) is 2.78. The minimum atomic E-state index is -0.00261. The van der Waals surface area contributed by atoms with Crippen molar-refractivity contribution in [3.05, 3.63) is 60.3 Å². The maximum atomic E-state index is 12.1. The lowest BCUT2D eigenvalue weighted by atomic mass is 10.1. The molecule has 3 aromatic rings. The van der Waals surface area contributed by atoms with Gasteiger partial charge in [0.15, 0.2) is 5.78 Å².